The van der Waals surface area contributed by atoms with Crippen LogP contribution in [0.2, 0.25) is 0 Å². The van der Waals surface area contributed by atoms with E-state index in [9.17, 15) is 9.59 Å². The summed E-state index contributed by atoms with van der Waals surface area (Å²) in [5, 5.41) is 8.48. The van der Waals surface area contributed by atoms with Gasteiger partial charge in [-0.15, -0.1) is 35.1 Å². The number of nitrogens with zero attached hydrogens (tertiary/aromatic N) is 6. The third-order valence-corrected chi connectivity index (χ3v) is 11.8. The summed E-state index contributed by atoms with van der Waals surface area (Å²) in [5.41, 5.74) is 9.07. The smallest absolute Gasteiger partial charge is 0.238 e. The van der Waals surface area contributed by atoms with Crippen LogP contribution < -0.4 is 20.9 Å². The van der Waals surface area contributed by atoms with Crippen molar-refractivity contribution in [2.45, 2.75) is 102 Å². The van der Waals surface area contributed by atoms with Crippen molar-refractivity contribution in [2.75, 3.05) is 15.1 Å². The predicted octanol–water partition coefficient (Wildman–Crippen LogP) is 6.95. The van der Waals surface area contributed by atoms with Gasteiger partial charge in [0.25, 0.3) is 0 Å². The SMILES string of the molecule is CC1(C)C(=O)N(C2CC(N)C2)c2ncccc21.Cc1csc(Br)n1.Cc1csc(NC2CC(N3C(=O)C(C)(C)c4cccnc43)C2)n1.Cl. The normalized spacial score (nSPS) is 24.1. The summed E-state index contributed by atoms with van der Waals surface area (Å²) in [7, 11) is 0. The molecule has 0 saturated heterocycles. The van der Waals surface area contributed by atoms with Gasteiger partial charge in [-0.1, -0.05) is 12.1 Å². The summed E-state index contributed by atoms with van der Waals surface area (Å²) >= 11 is 6.48. The van der Waals surface area contributed by atoms with Gasteiger partial charge in [-0.3, -0.25) is 19.4 Å². The van der Waals surface area contributed by atoms with Crippen LogP contribution in [0.1, 0.15) is 75.9 Å². The first kappa shape index (κ1) is 36.3. The first-order valence-corrected chi connectivity index (χ1v) is 18.4. The fraction of sp³-hybridized carbons (Fsp3) is 0.471. The minimum absolute atomic E-state index is 0. The number of pyridine rings is 2. The zero-order chi connectivity index (χ0) is 33.7. The van der Waals surface area contributed by atoms with Crippen LogP contribution in [0.5, 0.6) is 0 Å². The molecule has 3 N–H and O–H groups in total. The van der Waals surface area contributed by atoms with E-state index in [0.717, 1.165) is 68.9 Å². The number of anilines is 3. The molecule has 0 bridgehead atoms. The number of amides is 2. The molecule has 0 aromatic carbocycles. The molecule has 2 saturated carbocycles. The lowest BCUT2D eigenvalue weighted by Crippen LogP contribution is -2.53. The van der Waals surface area contributed by atoms with E-state index in [1.165, 1.54) is 0 Å². The average Bonchev–Trinajstić information content (AvgIpc) is 3.70. The van der Waals surface area contributed by atoms with Crippen molar-refractivity contribution in [2.24, 2.45) is 5.73 Å². The Balaban J connectivity index is 0.000000158. The molecule has 2 aliphatic carbocycles. The number of rotatable bonds is 4. The molecular formula is C34H42BrClN8O2S2. The highest BCUT2D eigenvalue weighted by Gasteiger charge is 2.51. The van der Waals surface area contributed by atoms with Gasteiger partial charge in [0, 0.05) is 64.1 Å². The maximum Gasteiger partial charge on any atom is 0.238 e. The van der Waals surface area contributed by atoms with Crippen molar-refractivity contribution in [3.63, 3.8) is 0 Å². The number of carbonyl (C=O) groups is 2. The number of aromatic nitrogens is 4. The highest BCUT2D eigenvalue weighted by molar-refractivity contribution is 9.11. The molecule has 8 rings (SSSR count). The van der Waals surface area contributed by atoms with E-state index in [4.69, 9.17) is 5.73 Å². The maximum atomic E-state index is 12.8. The van der Waals surface area contributed by atoms with Crippen molar-refractivity contribution in [1.29, 1.82) is 0 Å². The van der Waals surface area contributed by atoms with Crippen LogP contribution >= 0.6 is 51.0 Å². The molecule has 0 radical (unpaired) electrons. The molecule has 10 nitrogen and oxygen atoms in total. The van der Waals surface area contributed by atoms with Crippen molar-refractivity contribution >= 4 is 79.6 Å². The van der Waals surface area contributed by atoms with Gasteiger partial charge in [-0.2, -0.15) is 0 Å². The molecule has 2 amide bonds. The third-order valence-electron chi connectivity index (χ3n) is 9.41. The predicted molar refractivity (Wildman–Crippen MR) is 200 cm³/mol. The van der Waals surface area contributed by atoms with Gasteiger partial charge < -0.3 is 11.1 Å². The molecule has 256 valence electrons. The summed E-state index contributed by atoms with van der Waals surface area (Å²) < 4.78 is 0.963. The van der Waals surface area contributed by atoms with E-state index in [0.29, 0.717) is 6.04 Å². The number of nitrogens with one attached hydrogen (secondary N) is 1. The zero-order valence-corrected chi connectivity index (χ0v) is 32.0. The Morgan fingerprint density at radius 1 is 0.812 bits per heavy atom. The summed E-state index contributed by atoms with van der Waals surface area (Å²) in [6, 6.07) is 8.92. The lowest BCUT2D eigenvalue weighted by Gasteiger charge is -2.41. The van der Waals surface area contributed by atoms with E-state index in [1.54, 1.807) is 35.1 Å². The Kier molecular flexibility index (Phi) is 10.7. The van der Waals surface area contributed by atoms with Gasteiger partial charge >= 0.3 is 0 Å². The fourth-order valence-electron chi connectivity index (χ4n) is 6.53. The van der Waals surface area contributed by atoms with Crippen LogP contribution in [0.4, 0.5) is 16.8 Å². The van der Waals surface area contributed by atoms with Gasteiger partial charge in [0.2, 0.25) is 11.8 Å². The molecular weight excluding hydrogens is 732 g/mol. The monoisotopic (exact) mass is 772 g/mol. The molecule has 0 atom stereocenters. The first-order chi connectivity index (χ1) is 22.3. The number of hydrogen-bond acceptors (Lipinski definition) is 10. The van der Waals surface area contributed by atoms with Gasteiger partial charge in [0.1, 0.15) is 11.6 Å². The van der Waals surface area contributed by atoms with Gasteiger partial charge in [0.15, 0.2) is 9.05 Å². The number of carbonyl (C=O) groups excluding carboxylic acids is 2. The molecule has 2 aliphatic heterocycles. The topological polar surface area (TPSA) is 130 Å². The first-order valence-electron chi connectivity index (χ1n) is 15.9. The van der Waals surface area contributed by atoms with E-state index in [-0.39, 0.29) is 42.3 Å². The van der Waals surface area contributed by atoms with Crippen LogP contribution in [0.15, 0.2) is 51.3 Å². The Labute approximate surface area is 304 Å². The average molecular weight is 774 g/mol. The van der Waals surface area contributed by atoms with Crippen LogP contribution in [-0.4, -0.2) is 55.9 Å². The molecule has 4 aromatic rings. The Morgan fingerprint density at radius 3 is 1.69 bits per heavy atom. The number of hydrogen-bond donors (Lipinski definition) is 2. The van der Waals surface area contributed by atoms with Crippen LogP contribution in [0.25, 0.3) is 0 Å². The van der Waals surface area contributed by atoms with E-state index >= 15 is 0 Å². The second-order valence-electron chi connectivity index (χ2n) is 13.7. The number of fused-ring (bicyclic) bond motifs is 2. The third kappa shape index (κ3) is 6.89. The lowest BCUT2D eigenvalue weighted by atomic mass is 9.84. The number of nitrogens with two attached hydrogens (primary N) is 1. The highest BCUT2D eigenvalue weighted by Crippen LogP contribution is 2.45. The molecule has 6 heterocycles. The van der Waals surface area contributed by atoms with Gasteiger partial charge in [-0.05, 0) is 95.3 Å². The summed E-state index contributed by atoms with van der Waals surface area (Å²) in [4.78, 5) is 46.4. The van der Waals surface area contributed by atoms with Crippen molar-refractivity contribution in [3.8, 4) is 0 Å². The van der Waals surface area contributed by atoms with E-state index in [2.05, 4.69) is 41.2 Å². The zero-order valence-electron chi connectivity index (χ0n) is 27.9. The number of thiazole rings is 2. The number of halogens is 2. The second kappa shape index (κ2) is 14.1. The summed E-state index contributed by atoms with van der Waals surface area (Å²) in [6.45, 7) is 11.9. The Morgan fingerprint density at radius 2 is 1.29 bits per heavy atom. The summed E-state index contributed by atoms with van der Waals surface area (Å²) in [6.07, 6.45) is 7.18. The summed E-state index contributed by atoms with van der Waals surface area (Å²) in [5.74, 6) is 2.00. The molecule has 0 unspecified atom stereocenters. The van der Waals surface area contributed by atoms with Crippen molar-refractivity contribution in [1.82, 2.24) is 19.9 Å². The van der Waals surface area contributed by atoms with Crippen LogP contribution in [0.3, 0.4) is 0 Å². The molecule has 48 heavy (non-hydrogen) atoms. The van der Waals surface area contributed by atoms with E-state index in [1.807, 2.05) is 86.4 Å². The Hall–Kier alpha value is -2.97. The molecule has 2 fully saturated rings. The Bertz CT molecular complexity index is 1770. The fourth-order valence-corrected chi connectivity index (χ4v) is 8.38. The molecule has 4 aromatic heterocycles. The molecule has 0 spiro atoms. The molecule has 14 heteroatoms. The quantitative estimate of drug-likeness (QED) is 0.228. The van der Waals surface area contributed by atoms with E-state index < -0.39 is 10.8 Å². The van der Waals surface area contributed by atoms with Gasteiger partial charge in [-0.25, -0.2) is 19.9 Å². The second-order valence-corrected chi connectivity index (χ2v) is 16.7. The minimum Gasteiger partial charge on any atom is -0.359 e. The highest BCUT2D eigenvalue weighted by atomic mass is 79.9. The molecule has 4 aliphatic rings. The lowest BCUT2D eigenvalue weighted by molar-refractivity contribution is -0.123. The van der Waals surface area contributed by atoms with Crippen LogP contribution in [0, 0.1) is 13.8 Å². The number of aryl methyl sites for hydroxylation is 2. The largest absolute Gasteiger partial charge is 0.359 e. The van der Waals surface area contributed by atoms with Crippen LogP contribution in [-0.2, 0) is 20.4 Å². The maximum absolute atomic E-state index is 12.8. The van der Waals surface area contributed by atoms with Crippen molar-refractivity contribution in [3.05, 3.63) is 73.9 Å². The van der Waals surface area contributed by atoms with Crippen molar-refractivity contribution < 1.29 is 9.59 Å². The standard InChI is InChI=1S/C17H20N4OS.C13H17N3O.C4H4BrNS.ClH/c1-10-9-23-16(19-10)20-11-7-12(8-11)21-14-13(5-4-6-18-14)17(2,3)15(21)22;1-13(2)10-4-3-5-15-11(10)16(12(13)17)9-6-8(14)7-9;1-3-2-7-4(5)6-3;/h4-6,9,11-12H,7-8H2,1-3H3,(H,19,20);3-5,8-9H,6-7,14H2,1-2H3;2H,1H3;1H. The minimum atomic E-state index is -0.478. The van der Waals surface area contributed by atoms with Gasteiger partial charge in [0.05, 0.1) is 16.5 Å².